The average Bonchev–Trinajstić information content (AvgIpc) is 2.69. The van der Waals surface area contributed by atoms with Crippen molar-refractivity contribution in [2.24, 2.45) is 12.9 Å². The van der Waals surface area contributed by atoms with Gasteiger partial charge in [0.15, 0.2) is 5.82 Å². The van der Waals surface area contributed by atoms with Gasteiger partial charge in [-0.05, 0) is 11.0 Å². The molecule has 0 bridgehead atoms. The monoisotopic (exact) mass is 245 g/mol. The van der Waals surface area contributed by atoms with Crippen molar-refractivity contribution in [3.8, 4) is 11.4 Å². The Balaban J connectivity index is 2.37. The Labute approximate surface area is 107 Å². The molecule has 0 saturated heterocycles. The summed E-state index contributed by atoms with van der Waals surface area (Å²) in [6.07, 6.45) is 0. The van der Waals surface area contributed by atoms with Crippen molar-refractivity contribution in [3.05, 3.63) is 29.8 Å². The van der Waals surface area contributed by atoms with Crippen molar-refractivity contribution in [3.63, 3.8) is 0 Å². The van der Waals surface area contributed by atoms with Crippen LogP contribution in [-0.2, 0) is 12.5 Å². The van der Waals surface area contributed by atoms with Crippen molar-refractivity contribution in [1.29, 1.82) is 0 Å². The highest BCUT2D eigenvalue weighted by Gasteiger charge is 2.14. The minimum atomic E-state index is 0.155. The van der Waals surface area contributed by atoms with Gasteiger partial charge in [0.1, 0.15) is 0 Å². The first-order valence-electron chi connectivity index (χ1n) is 5.90. The van der Waals surface area contributed by atoms with Crippen LogP contribution in [0.4, 0.5) is 5.95 Å². The van der Waals surface area contributed by atoms with Crippen molar-refractivity contribution in [1.82, 2.24) is 14.8 Å². The largest absolute Gasteiger partial charge is 0.296 e. The minimum absolute atomic E-state index is 0.155. The second-order valence-electron chi connectivity index (χ2n) is 5.38. The molecule has 0 aliphatic heterocycles. The van der Waals surface area contributed by atoms with E-state index in [-0.39, 0.29) is 5.41 Å². The quantitative estimate of drug-likeness (QED) is 0.627. The molecule has 96 valence electrons. The van der Waals surface area contributed by atoms with Gasteiger partial charge in [-0.2, -0.15) is 0 Å². The lowest BCUT2D eigenvalue weighted by Crippen LogP contribution is -2.12. The number of anilines is 1. The molecule has 5 nitrogen and oxygen atoms in total. The number of hydrazine groups is 1. The predicted octanol–water partition coefficient (Wildman–Crippen LogP) is 2.07. The van der Waals surface area contributed by atoms with Crippen LogP contribution in [0.25, 0.3) is 11.4 Å². The Morgan fingerprint density at radius 2 is 1.72 bits per heavy atom. The van der Waals surface area contributed by atoms with Crippen molar-refractivity contribution >= 4 is 5.95 Å². The topological polar surface area (TPSA) is 68.8 Å². The van der Waals surface area contributed by atoms with Gasteiger partial charge in [-0.25, -0.2) is 5.84 Å². The molecule has 2 aromatic rings. The molecule has 1 aromatic heterocycles. The van der Waals surface area contributed by atoms with Crippen LogP contribution in [-0.4, -0.2) is 14.8 Å². The molecule has 3 N–H and O–H groups in total. The number of nitrogens with two attached hydrogens (primary N) is 1. The fourth-order valence-corrected chi connectivity index (χ4v) is 1.83. The number of rotatable bonds is 2. The molecule has 2 rings (SSSR count). The molecule has 0 unspecified atom stereocenters. The molecule has 1 heterocycles. The predicted molar refractivity (Wildman–Crippen MR) is 72.9 cm³/mol. The number of hydrogen-bond donors (Lipinski definition) is 2. The van der Waals surface area contributed by atoms with Gasteiger partial charge in [-0.1, -0.05) is 45.0 Å². The molecule has 0 spiro atoms. The molecule has 0 aliphatic carbocycles. The molecule has 0 aliphatic rings. The number of benzene rings is 1. The highest BCUT2D eigenvalue weighted by Crippen LogP contribution is 2.25. The molecule has 0 amide bonds. The molecule has 0 saturated carbocycles. The smallest absolute Gasteiger partial charge is 0.238 e. The number of hydrogen-bond acceptors (Lipinski definition) is 4. The minimum Gasteiger partial charge on any atom is -0.296 e. The maximum Gasteiger partial charge on any atom is 0.238 e. The second-order valence-corrected chi connectivity index (χ2v) is 5.38. The highest BCUT2D eigenvalue weighted by molar-refractivity contribution is 5.58. The first-order valence-corrected chi connectivity index (χ1v) is 5.90. The summed E-state index contributed by atoms with van der Waals surface area (Å²) in [7, 11) is 1.88. The Kier molecular flexibility index (Phi) is 3.09. The van der Waals surface area contributed by atoms with Gasteiger partial charge in [-0.3, -0.25) is 9.99 Å². The number of nitrogens with one attached hydrogen (secondary N) is 1. The normalized spacial score (nSPS) is 11.6. The third-order valence-electron chi connectivity index (χ3n) is 3.01. The van der Waals surface area contributed by atoms with Crippen LogP contribution >= 0.6 is 0 Å². The number of nitrogens with zero attached hydrogens (tertiary/aromatic N) is 3. The summed E-state index contributed by atoms with van der Waals surface area (Å²) in [5, 5.41) is 8.08. The Bertz CT molecular complexity index is 533. The van der Waals surface area contributed by atoms with E-state index in [9.17, 15) is 0 Å². The van der Waals surface area contributed by atoms with Crippen molar-refractivity contribution < 1.29 is 0 Å². The van der Waals surface area contributed by atoms with E-state index in [1.54, 1.807) is 0 Å². The summed E-state index contributed by atoms with van der Waals surface area (Å²) in [4.78, 5) is 0. The summed E-state index contributed by atoms with van der Waals surface area (Å²) in [5.74, 6) is 6.69. The van der Waals surface area contributed by atoms with E-state index in [4.69, 9.17) is 5.84 Å². The summed E-state index contributed by atoms with van der Waals surface area (Å²) < 4.78 is 1.83. The fraction of sp³-hybridized carbons (Fsp3) is 0.385. The van der Waals surface area contributed by atoms with E-state index >= 15 is 0 Å². The summed E-state index contributed by atoms with van der Waals surface area (Å²) in [6.45, 7) is 6.59. The van der Waals surface area contributed by atoms with Gasteiger partial charge in [-0.15, -0.1) is 10.2 Å². The van der Waals surface area contributed by atoms with Crippen LogP contribution in [0.3, 0.4) is 0 Å². The van der Waals surface area contributed by atoms with E-state index in [1.165, 1.54) is 5.56 Å². The third-order valence-corrected chi connectivity index (χ3v) is 3.01. The summed E-state index contributed by atoms with van der Waals surface area (Å²) in [6, 6.07) is 8.37. The molecule has 0 fully saturated rings. The zero-order valence-corrected chi connectivity index (χ0v) is 11.2. The number of aromatic nitrogens is 3. The first kappa shape index (κ1) is 12.6. The Morgan fingerprint density at radius 1 is 1.11 bits per heavy atom. The lowest BCUT2D eigenvalue weighted by atomic mass is 9.87. The third kappa shape index (κ3) is 2.22. The van der Waals surface area contributed by atoms with E-state index in [0.717, 1.165) is 11.4 Å². The molecule has 0 radical (unpaired) electrons. The summed E-state index contributed by atoms with van der Waals surface area (Å²) in [5.41, 5.74) is 4.99. The van der Waals surface area contributed by atoms with Crippen molar-refractivity contribution in [2.45, 2.75) is 26.2 Å². The maximum absolute atomic E-state index is 5.35. The molecule has 5 heteroatoms. The average molecular weight is 245 g/mol. The van der Waals surface area contributed by atoms with Crippen LogP contribution in [0, 0.1) is 0 Å². The fourth-order valence-electron chi connectivity index (χ4n) is 1.83. The summed E-state index contributed by atoms with van der Waals surface area (Å²) >= 11 is 0. The zero-order chi connectivity index (χ0) is 13.3. The van der Waals surface area contributed by atoms with Crippen LogP contribution in [0.1, 0.15) is 26.3 Å². The SMILES string of the molecule is Cn1c(NN)nnc1-c1ccc(C(C)(C)C)cc1. The maximum atomic E-state index is 5.35. The zero-order valence-electron chi connectivity index (χ0n) is 11.2. The lowest BCUT2D eigenvalue weighted by Gasteiger charge is -2.19. The van der Waals surface area contributed by atoms with Gasteiger partial charge in [0.2, 0.25) is 5.95 Å². The van der Waals surface area contributed by atoms with Crippen LogP contribution in [0.15, 0.2) is 24.3 Å². The van der Waals surface area contributed by atoms with Crippen LogP contribution in [0.5, 0.6) is 0 Å². The molecule has 0 atom stereocenters. The van der Waals surface area contributed by atoms with E-state index in [0.29, 0.717) is 5.95 Å². The van der Waals surface area contributed by atoms with E-state index in [1.807, 2.05) is 11.6 Å². The van der Waals surface area contributed by atoms with E-state index in [2.05, 4.69) is 60.7 Å². The van der Waals surface area contributed by atoms with E-state index < -0.39 is 0 Å². The number of nitrogen functional groups attached to an aromatic ring is 1. The molecule has 1 aromatic carbocycles. The molecular weight excluding hydrogens is 226 g/mol. The Morgan fingerprint density at radius 3 is 2.17 bits per heavy atom. The standard InChI is InChI=1S/C13H19N5/c1-13(2,3)10-7-5-9(6-8-10)11-16-17-12(15-14)18(11)4/h5-8H,14H2,1-4H3,(H,15,17). The van der Waals surface area contributed by atoms with Crippen LogP contribution in [0.2, 0.25) is 0 Å². The van der Waals surface area contributed by atoms with Crippen LogP contribution < -0.4 is 11.3 Å². The van der Waals surface area contributed by atoms with Crippen molar-refractivity contribution in [2.75, 3.05) is 5.43 Å². The lowest BCUT2D eigenvalue weighted by molar-refractivity contribution is 0.590. The Hall–Kier alpha value is -1.88. The first-order chi connectivity index (χ1) is 8.43. The highest BCUT2D eigenvalue weighted by atomic mass is 15.4. The molecule has 18 heavy (non-hydrogen) atoms. The molecular formula is C13H19N5. The van der Waals surface area contributed by atoms with Gasteiger partial charge >= 0.3 is 0 Å². The van der Waals surface area contributed by atoms with Gasteiger partial charge < -0.3 is 0 Å². The second kappa shape index (κ2) is 4.42. The van der Waals surface area contributed by atoms with Gasteiger partial charge in [0.05, 0.1) is 0 Å². The van der Waals surface area contributed by atoms with Gasteiger partial charge in [0, 0.05) is 12.6 Å². The van der Waals surface area contributed by atoms with Gasteiger partial charge in [0.25, 0.3) is 0 Å².